The molecule has 2 N–H and O–H groups in total. The van der Waals surface area contributed by atoms with Crippen molar-refractivity contribution in [1.82, 2.24) is 5.32 Å². The van der Waals surface area contributed by atoms with Gasteiger partial charge in [0, 0.05) is 12.1 Å². The van der Waals surface area contributed by atoms with E-state index in [9.17, 15) is 5.11 Å². The molecule has 2 aliphatic carbocycles. The fraction of sp³-hybridized carbons (Fsp3) is 0.647. The van der Waals surface area contributed by atoms with Crippen LogP contribution in [-0.2, 0) is 0 Å². The largest absolute Gasteiger partial charge is 0.388 e. The van der Waals surface area contributed by atoms with Crippen LogP contribution in [-0.4, -0.2) is 17.2 Å². The molecule has 2 saturated carbocycles. The van der Waals surface area contributed by atoms with Gasteiger partial charge in [-0.1, -0.05) is 30.3 Å². The molecule has 0 bridgehead atoms. The van der Waals surface area contributed by atoms with Crippen molar-refractivity contribution in [1.29, 1.82) is 0 Å². The van der Waals surface area contributed by atoms with Crippen LogP contribution in [0.1, 0.15) is 50.7 Å². The topological polar surface area (TPSA) is 32.3 Å². The maximum Gasteiger partial charge on any atom is 0.0804 e. The summed E-state index contributed by atoms with van der Waals surface area (Å²) < 4.78 is 0. The standard InChI is InChI=1S/C17H25NO/c1-12(11-16(19)13-5-3-2-4-6-13)18-17(14-7-8-14)15-9-10-15/h2-6,12,14-19H,7-11H2,1H3. The minimum atomic E-state index is -0.345. The van der Waals surface area contributed by atoms with E-state index in [-0.39, 0.29) is 6.10 Å². The average molecular weight is 259 g/mol. The molecule has 0 amide bonds. The Morgan fingerprint density at radius 3 is 2.21 bits per heavy atom. The van der Waals surface area contributed by atoms with E-state index in [1.807, 2.05) is 30.3 Å². The number of aliphatic hydroxyl groups is 1. The highest BCUT2D eigenvalue weighted by atomic mass is 16.3. The van der Waals surface area contributed by atoms with Crippen LogP contribution in [0.5, 0.6) is 0 Å². The van der Waals surface area contributed by atoms with Gasteiger partial charge in [-0.2, -0.15) is 0 Å². The first-order chi connectivity index (χ1) is 9.24. The van der Waals surface area contributed by atoms with Gasteiger partial charge in [0.25, 0.3) is 0 Å². The molecule has 2 aliphatic rings. The van der Waals surface area contributed by atoms with Crippen molar-refractivity contribution in [2.45, 2.75) is 57.2 Å². The Balaban J connectivity index is 1.51. The summed E-state index contributed by atoms with van der Waals surface area (Å²) in [6.45, 7) is 2.21. The summed E-state index contributed by atoms with van der Waals surface area (Å²) in [7, 11) is 0. The van der Waals surface area contributed by atoms with Crippen molar-refractivity contribution in [2.75, 3.05) is 0 Å². The van der Waals surface area contributed by atoms with Gasteiger partial charge in [0.15, 0.2) is 0 Å². The van der Waals surface area contributed by atoms with Crippen molar-refractivity contribution >= 4 is 0 Å². The Kier molecular flexibility index (Phi) is 3.90. The molecule has 0 aliphatic heterocycles. The Bertz CT molecular complexity index is 385. The number of benzene rings is 1. The van der Waals surface area contributed by atoms with Crippen LogP contribution in [0.3, 0.4) is 0 Å². The van der Waals surface area contributed by atoms with Gasteiger partial charge in [-0.25, -0.2) is 0 Å². The Morgan fingerprint density at radius 1 is 1.11 bits per heavy atom. The first kappa shape index (κ1) is 13.1. The second kappa shape index (κ2) is 5.64. The molecule has 1 aromatic rings. The number of hydrogen-bond acceptors (Lipinski definition) is 2. The van der Waals surface area contributed by atoms with E-state index in [0.717, 1.165) is 29.9 Å². The molecule has 2 nitrogen and oxygen atoms in total. The number of aliphatic hydroxyl groups excluding tert-OH is 1. The van der Waals surface area contributed by atoms with E-state index in [4.69, 9.17) is 0 Å². The summed E-state index contributed by atoms with van der Waals surface area (Å²) in [6.07, 6.45) is 6.08. The predicted molar refractivity (Wildman–Crippen MR) is 77.9 cm³/mol. The lowest BCUT2D eigenvalue weighted by Crippen LogP contribution is -2.40. The SMILES string of the molecule is CC(CC(O)c1ccccc1)NC(C1CC1)C1CC1. The smallest absolute Gasteiger partial charge is 0.0804 e. The third-order valence-corrected chi connectivity index (χ3v) is 4.50. The van der Waals surface area contributed by atoms with Crippen molar-refractivity contribution in [2.24, 2.45) is 11.8 Å². The van der Waals surface area contributed by atoms with Crippen LogP contribution in [0.4, 0.5) is 0 Å². The van der Waals surface area contributed by atoms with Crippen LogP contribution in [0.25, 0.3) is 0 Å². The van der Waals surface area contributed by atoms with Gasteiger partial charge in [-0.15, -0.1) is 0 Å². The molecule has 0 spiro atoms. The van der Waals surface area contributed by atoms with Crippen molar-refractivity contribution in [3.05, 3.63) is 35.9 Å². The zero-order chi connectivity index (χ0) is 13.2. The highest BCUT2D eigenvalue weighted by Gasteiger charge is 2.41. The lowest BCUT2D eigenvalue weighted by Gasteiger charge is -2.25. The molecule has 0 heterocycles. The normalized spacial score (nSPS) is 22.5. The molecule has 2 heteroatoms. The maximum absolute atomic E-state index is 10.3. The maximum atomic E-state index is 10.3. The first-order valence-corrected chi connectivity index (χ1v) is 7.73. The number of nitrogens with one attached hydrogen (secondary N) is 1. The van der Waals surface area contributed by atoms with Crippen molar-refractivity contribution < 1.29 is 5.11 Å². The zero-order valence-electron chi connectivity index (χ0n) is 11.8. The van der Waals surface area contributed by atoms with Gasteiger partial charge in [0.1, 0.15) is 0 Å². The van der Waals surface area contributed by atoms with E-state index in [2.05, 4.69) is 12.2 Å². The van der Waals surface area contributed by atoms with Crippen molar-refractivity contribution in [3.63, 3.8) is 0 Å². The second-order valence-corrected chi connectivity index (χ2v) is 6.43. The lowest BCUT2D eigenvalue weighted by molar-refractivity contribution is 0.149. The Labute approximate surface area is 116 Å². The zero-order valence-corrected chi connectivity index (χ0v) is 11.8. The molecule has 0 saturated heterocycles. The van der Waals surface area contributed by atoms with E-state index in [1.54, 1.807) is 0 Å². The van der Waals surface area contributed by atoms with E-state index < -0.39 is 0 Å². The van der Waals surface area contributed by atoms with Gasteiger partial charge < -0.3 is 10.4 Å². The summed E-state index contributed by atoms with van der Waals surface area (Å²) in [5, 5.41) is 14.1. The molecule has 19 heavy (non-hydrogen) atoms. The quantitative estimate of drug-likeness (QED) is 0.787. The molecule has 3 rings (SSSR count). The molecule has 2 unspecified atom stereocenters. The van der Waals surface area contributed by atoms with Gasteiger partial charge in [0.05, 0.1) is 6.10 Å². The number of rotatable bonds is 7. The monoisotopic (exact) mass is 259 g/mol. The molecule has 0 radical (unpaired) electrons. The third kappa shape index (κ3) is 3.58. The summed E-state index contributed by atoms with van der Waals surface area (Å²) >= 11 is 0. The van der Waals surface area contributed by atoms with Crippen molar-refractivity contribution in [3.8, 4) is 0 Å². The summed E-state index contributed by atoms with van der Waals surface area (Å²) in [5.41, 5.74) is 1.03. The Hall–Kier alpha value is -0.860. The lowest BCUT2D eigenvalue weighted by atomic mass is 10.0. The third-order valence-electron chi connectivity index (χ3n) is 4.50. The fourth-order valence-corrected chi connectivity index (χ4v) is 3.11. The van der Waals surface area contributed by atoms with Crippen LogP contribution in [0, 0.1) is 11.8 Å². The summed E-state index contributed by atoms with van der Waals surface area (Å²) in [5.74, 6) is 1.84. The van der Waals surface area contributed by atoms with E-state index in [0.29, 0.717) is 6.04 Å². The minimum absolute atomic E-state index is 0.345. The van der Waals surface area contributed by atoms with Crippen LogP contribution < -0.4 is 5.32 Å². The average Bonchev–Trinajstić information content (AvgIpc) is 3.30. The molecule has 0 aromatic heterocycles. The highest BCUT2D eigenvalue weighted by molar-refractivity contribution is 5.17. The fourth-order valence-electron chi connectivity index (χ4n) is 3.11. The van der Waals surface area contributed by atoms with Gasteiger partial charge in [0.2, 0.25) is 0 Å². The molecule has 2 atom stereocenters. The molecular formula is C17H25NO. The van der Waals surface area contributed by atoms with Crippen LogP contribution in [0.2, 0.25) is 0 Å². The summed E-state index contributed by atoms with van der Waals surface area (Å²) in [4.78, 5) is 0. The second-order valence-electron chi connectivity index (χ2n) is 6.43. The van der Waals surface area contributed by atoms with E-state index in [1.165, 1.54) is 25.7 Å². The first-order valence-electron chi connectivity index (χ1n) is 7.73. The van der Waals surface area contributed by atoms with E-state index >= 15 is 0 Å². The van der Waals surface area contributed by atoms with Gasteiger partial charge >= 0.3 is 0 Å². The highest BCUT2D eigenvalue weighted by Crippen LogP contribution is 2.44. The predicted octanol–water partition coefficient (Wildman–Crippen LogP) is 3.28. The minimum Gasteiger partial charge on any atom is -0.388 e. The number of hydrogen-bond donors (Lipinski definition) is 2. The van der Waals surface area contributed by atoms with Crippen LogP contribution in [0.15, 0.2) is 30.3 Å². The summed E-state index contributed by atoms with van der Waals surface area (Å²) in [6, 6.07) is 11.1. The molecular weight excluding hydrogens is 234 g/mol. The van der Waals surface area contributed by atoms with Gasteiger partial charge in [-0.3, -0.25) is 0 Å². The van der Waals surface area contributed by atoms with Gasteiger partial charge in [-0.05, 0) is 56.4 Å². The van der Waals surface area contributed by atoms with Crippen LogP contribution >= 0.6 is 0 Å². The molecule has 104 valence electrons. The Morgan fingerprint density at radius 2 is 1.68 bits per heavy atom. The molecule has 1 aromatic carbocycles. The molecule has 2 fully saturated rings.